The van der Waals surface area contributed by atoms with Crippen molar-refractivity contribution in [3.8, 4) is 0 Å². The van der Waals surface area contributed by atoms with E-state index in [1.807, 2.05) is 0 Å². The first-order valence-electron chi connectivity index (χ1n) is 4.92. The molecule has 96 valence electrons. The minimum atomic E-state index is -4.21. The second-order valence-corrected chi connectivity index (χ2v) is 4.87. The summed E-state index contributed by atoms with van der Waals surface area (Å²) in [7, 11) is 0. The zero-order valence-electron chi connectivity index (χ0n) is 9.39. The molecular formula is C10H13F3N2OS. The molecule has 0 aliphatic heterocycles. The summed E-state index contributed by atoms with van der Waals surface area (Å²) in [6.07, 6.45) is -5.14. The second kappa shape index (κ2) is 4.95. The first-order valence-corrected chi connectivity index (χ1v) is 5.74. The number of hydrogen-bond acceptors (Lipinski definition) is 4. The van der Waals surface area contributed by atoms with Gasteiger partial charge in [0.05, 0.1) is 22.0 Å². The van der Waals surface area contributed by atoms with E-state index in [1.54, 1.807) is 0 Å². The average molecular weight is 266 g/mol. The Hall–Kier alpha value is -1.24. The molecule has 1 atom stereocenters. The molecule has 0 aromatic carbocycles. The normalized spacial score (nSPS) is 13.5. The highest BCUT2D eigenvalue weighted by molar-refractivity contribution is 7.18. The van der Waals surface area contributed by atoms with Crippen molar-refractivity contribution >= 4 is 27.8 Å². The predicted octanol–water partition coefficient (Wildman–Crippen LogP) is 3.29. The number of rotatable bonds is 4. The van der Waals surface area contributed by atoms with Crippen molar-refractivity contribution in [3.05, 3.63) is 10.9 Å². The molecule has 1 unspecified atom stereocenters. The molecule has 1 aromatic rings. The largest absolute Gasteiger partial charge is 0.397 e. The Kier molecular flexibility index (Phi) is 4.03. The van der Waals surface area contributed by atoms with Crippen molar-refractivity contribution in [1.29, 1.82) is 0 Å². The summed E-state index contributed by atoms with van der Waals surface area (Å²) in [4.78, 5) is 11.5. The van der Waals surface area contributed by atoms with Gasteiger partial charge in [0, 0.05) is 13.0 Å². The fourth-order valence-corrected chi connectivity index (χ4v) is 2.38. The maximum Gasteiger partial charge on any atom is 0.391 e. The highest BCUT2D eigenvalue weighted by Gasteiger charge is 2.30. The molecule has 1 heterocycles. The lowest BCUT2D eigenvalue weighted by atomic mass is 10.2. The number of anilines is 2. The van der Waals surface area contributed by atoms with E-state index in [1.165, 1.54) is 19.9 Å². The maximum atomic E-state index is 12.1. The molecule has 0 bridgehead atoms. The van der Waals surface area contributed by atoms with Crippen LogP contribution in [0.25, 0.3) is 0 Å². The molecule has 0 amide bonds. The molecule has 3 N–H and O–H groups in total. The van der Waals surface area contributed by atoms with E-state index in [4.69, 9.17) is 5.73 Å². The van der Waals surface area contributed by atoms with Crippen LogP contribution in [0.3, 0.4) is 0 Å². The van der Waals surface area contributed by atoms with E-state index < -0.39 is 18.6 Å². The fraction of sp³-hybridized carbons (Fsp3) is 0.500. The lowest BCUT2D eigenvalue weighted by Gasteiger charge is -2.15. The van der Waals surface area contributed by atoms with E-state index in [0.717, 1.165) is 11.3 Å². The van der Waals surface area contributed by atoms with Gasteiger partial charge in [0.25, 0.3) is 0 Å². The molecule has 1 rings (SSSR count). The van der Waals surface area contributed by atoms with Gasteiger partial charge in [-0.1, -0.05) is 0 Å². The number of hydrogen-bond donors (Lipinski definition) is 2. The van der Waals surface area contributed by atoms with Crippen LogP contribution in [0, 0.1) is 0 Å². The number of halogens is 3. The molecule has 0 aliphatic carbocycles. The first kappa shape index (κ1) is 13.8. The van der Waals surface area contributed by atoms with Crippen molar-refractivity contribution in [2.24, 2.45) is 0 Å². The molecule has 0 saturated carbocycles. The van der Waals surface area contributed by atoms with Crippen molar-refractivity contribution in [1.82, 2.24) is 0 Å². The van der Waals surface area contributed by atoms with Crippen molar-refractivity contribution < 1.29 is 18.0 Å². The number of nitrogens with one attached hydrogen (secondary N) is 1. The first-order chi connectivity index (χ1) is 7.69. The molecule has 0 spiro atoms. The van der Waals surface area contributed by atoms with E-state index in [9.17, 15) is 18.0 Å². The number of nitrogens with two attached hydrogens (primary N) is 1. The third-order valence-electron chi connectivity index (χ3n) is 2.01. The quantitative estimate of drug-likeness (QED) is 0.822. The molecule has 3 nitrogen and oxygen atoms in total. The Labute approximate surface area is 101 Å². The SMILES string of the molecule is CC(=O)c1sc(NC(C)CC(F)(F)F)cc1N. The van der Waals surface area contributed by atoms with Crippen LogP contribution in [0.15, 0.2) is 6.07 Å². The molecule has 0 fully saturated rings. The topological polar surface area (TPSA) is 55.1 Å². The van der Waals surface area contributed by atoms with E-state index in [0.29, 0.717) is 15.6 Å². The molecule has 0 saturated heterocycles. The molecule has 7 heteroatoms. The number of thiophene rings is 1. The molecule has 17 heavy (non-hydrogen) atoms. The number of ketones is 1. The highest BCUT2D eigenvalue weighted by atomic mass is 32.1. The van der Waals surface area contributed by atoms with Crippen LogP contribution in [0.2, 0.25) is 0 Å². The standard InChI is InChI=1S/C10H13F3N2OS/c1-5(4-10(11,12)13)15-8-3-7(14)9(17-8)6(2)16/h3,5,15H,4,14H2,1-2H3. The van der Waals surface area contributed by atoms with E-state index in [-0.39, 0.29) is 5.78 Å². The summed E-state index contributed by atoms with van der Waals surface area (Å²) in [5.74, 6) is -0.191. The van der Waals surface area contributed by atoms with Gasteiger partial charge in [-0.25, -0.2) is 0 Å². The lowest BCUT2D eigenvalue weighted by Crippen LogP contribution is -2.23. The van der Waals surface area contributed by atoms with Gasteiger partial charge < -0.3 is 11.1 Å². The Morgan fingerprint density at radius 1 is 1.59 bits per heavy atom. The number of alkyl halides is 3. The second-order valence-electron chi connectivity index (χ2n) is 3.82. The molecular weight excluding hydrogens is 253 g/mol. The minimum absolute atomic E-state index is 0.191. The van der Waals surface area contributed by atoms with Crippen LogP contribution in [0.4, 0.5) is 23.9 Å². The minimum Gasteiger partial charge on any atom is -0.397 e. The summed E-state index contributed by atoms with van der Waals surface area (Å²) in [6.45, 7) is 2.79. The Morgan fingerprint density at radius 2 is 2.18 bits per heavy atom. The van der Waals surface area contributed by atoms with Gasteiger partial charge in [-0.3, -0.25) is 4.79 Å². The average Bonchev–Trinajstić information content (AvgIpc) is 2.42. The van der Waals surface area contributed by atoms with Gasteiger partial charge in [-0.2, -0.15) is 13.2 Å². The summed E-state index contributed by atoms with van der Waals surface area (Å²) in [5, 5.41) is 3.16. The zero-order valence-corrected chi connectivity index (χ0v) is 10.2. The lowest BCUT2D eigenvalue weighted by molar-refractivity contribution is -0.136. The maximum absolute atomic E-state index is 12.1. The highest BCUT2D eigenvalue weighted by Crippen LogP contribution is 2.31. The van der Waals surface area contributed by atoms with Gasteiger partial charge in [-0.05, 0) is 13.0 Å². The van der Waals surface area contributed by atoms with E-state index >= 15 is 0 Å². The van der Waals surface area contributed by atoms with Crippen LogP contribution in [0.5, 0.6) is 0 Å². The molecule has 0 radical (unpaired) electrons. The fourth-order valence-electron chi connectivity index (χ4n) is 1.39. The Morgan fingerprint density at radius 3 is 2.59 bits per heavy atom. The van der Waals surface area contributed by atoms with Gasteiger partial charge in [0.1, 0.15) is 0 Å². The van der Waals surface area contributed by atoms with Gasteiger partial charge in [-0.15, -0.1) is 11.3 Å². The molecule has 0 aliphatic rings. The van der Waals surface area contributed by atoms with Crippen LogP contribution in [-0.2, 0) is 0 Å². The molecule has 1 aromatic heterocycles. The Bertz CT molecular complexity index is 414. The van der Waals surface area contributed by atoms with Gasteiger partial charge >= 0.3 is 6.18 Å². The van der Waals surface area contributed by atoms with Gasteiger partial charge in [0.2, 0.25) is 0 Å². The van der Waals surface area contributed by atoms with E-state index in [2.05, 4.69) is 5.32 Å². The van der Waals surface area contributed by atoms with Crippen molar-refractivity contribution in [3.63, 3.8) is 0 Å². The van der Waals surface area contributed by atoms with Crippen LogP contribution in [-0.4, -0.2) is 18.0 Å². The van der Waals surface area contributed by atoms with Crippen LogP contribution < -0.4 is 11.1 Å². The van der Waals surface area contributed by atoms with Crippen LogP contribution >= 0.6 is 11.3 Å². The number of carbonyl (C=O) groups is 1. The number of Topliss-reactive ketones (excluding diaryl/α,β-unsaturated/α-hetero) is 1. The third-order valence-corrected chi connectivity index (χ3v) is 3.19. The van der Waals surface area contributed by atoms with Crippen molar-refractivity contribution in [2.45, 2.75) is 32.5 Å². The number of nitrogen functional groups attached to an aromatic ring is 1. The predicted molar refractivity (Wildman–Crippen MR) is 62.5 cm³/mol. The third kappa shape index (κ3) is 4.26. The summed E-state index contributed by atoms with van der Waals surface area (Å²) >= 11 is 1.07. The summed E-state index contributed by atoms with van der Waals surface area (Å²) in [6, 6.07) is 0.724. The number of carbonyl (C=O) groups excluding carboxylic acids is 1. The van der Waals surface area contributed by atoms with Crippen molar-refractivity contribution in [2.75, 3.05) is 11.1 Å². The van der Waals surface area contributed by atoms with Gasteiger partial charge in [0.15, 0.2) is 5.78 Å². The smallest absolute Gasteiger partial charge is 0.391 e. The summed E-state index contributed by atoms with van der Waals surface area (Å²) in [5.41, 5.74) is 5.87. The zero-order chi connectivity index (χ0) is 13.2. The monoisotopic (exact) mass is 266 g/mol. The Balaban J connectivity index is 2.69. The summed E-state index contributed by atoms with van der Waals surface area (Å²) < 4.78 is 36.3. The van der Waals surface area contributed by atoms with Crippen LogP contribution in [0.1, 0.15) is 29.9 Å².